The molecule has 3 aromatic rings. The number of amides is 1. The van der Waals surface area contributed by atoms with Crippen molar-refractivity contribution >= 4 is 35.1 Å². The molecular weight excluding hydrogens is 590 g/mol. The maximum absolute atomic E-state index is 15.5. The number of hydrogen-bond donors (Lipinski definition) is 1. The first kappa shape index (κ1) is 29.9. The molecule has 0 unspecified atom stereocenters. The maximum Gasteiger partial charge on any atom is 0.326 e. The molecule has 1 saturated carbocycles. The minimum Gasteiger partial charge on any atom is -0.493 e. The lowest BCUT2D eigenvalue weighted by Gasteiger charge is -2.51. The summed E-state index contributed by atoms with van der Waals surface area (Å²) in [5, 5.41) is 10.8. The Morgan fingerprint density at radius 1 is 1.02 bits per heavy atom. The van der Waals surface area contributed by atoms with Gasteiger partial charge in [0.15, 0.2) is 0 Å². The highest BCUT2D eigenvalue weighted by atomic mass is 35.5. The van der Waals surface area contributed by atoms with E-state index >= 15 is 4.39 Å². The molecule has 2 saturated heterocycles. The summed E-state index contributed by atoms with van der Waals surface area (Å²) < 4.78 is 21.8. The molecule has 0 spiro atoms. The molecule has 0 bridgehead atoms. The zero-order chi connectivity index (χ0) is 30.5. The SMILES string of the molecule is C[C@H]1CCN(C(=O)c2cc(C3CC3)c(OCC3(C)CN([C@H](c4ccccc4)c4cc(Cl)cc(Cl)c4)C3)cc2F)[C@@H]1C(=O)O. The van der Waals surface area contributed by atoms with Gasteiger partial charge < -0.3 is 14.7 Å². The fourth-order valence-corrected chi connectivity index (χ4v) is 7.27. The number of halogens is 3. The van der Waals surface area contributed by atoms with E-state index in [0.29, 0.717) is 35.4 Å². The van der Waals surface area contributed by atoms with Crippen LogP contribution in [-0.2, 0) is 4.79 Å². The van der Waals surface area contributed by atoms with Crippen LogP contribution >= 0.6 is 23.2 Å². The van der Waals surface area contributed by atoms with Crippen LogP contribution in [0, 0.1) is 17.2 Å². The predicted octanol–water partition coefficient (Wildman–Crippen LogP) is 7.44. The molecule has 1 aliphatic carbocycles. The van der Waals surface area contributed by atoms with E-state index in [0.717, 1.165) is 42.6 Å². The van der Waals surface area contributed by atoms with Crippen molar-refractivity contribution in [3.05, 3.63) is 98.8 Å². The topological polar surface area (TPSA) is 70.1 Å². The number of hydrogen-bond acceptors (Lipinski definition) is 4. The van der Waals surface area contributed by atoms with Crippen LogP contribution in [0.25, 0.3) is 0 Å². The Kier molecular flexibility index (Phi) is 8.18. The number of likely N-dealkylation sites (tertiary alicyclic amines) is 2. The highest BCUT2D eigenvalue weighted by Gasteiger charge is 2.44. The number of carbonyl (C=O) groups is 2. The quantitative estimate of drug-likeness (QED) is 0.268. The molecule has 1 amide bonds. The Bertz CT molecular complexity index is 1520. The van der Waals surface area contributed by atoms with E-state index in [4.69, 9.17) is 27.9 Å². The molecule has 2 aliphatic heterocycles. The van der Waals surface area contributed by atoms with Gasteiger partial charge in [0.25, 0.3) is 5.91 Å². The molecule has 3 fully saturated rings. The minimum absolute atomic E-state index is 0.0295. The molecule has 1 N–H and O–H groups in total. The predicted molar refractivity (Wildman–Crippen MR) is 165 cm³/mol. The van der Waals surface area contributed by atoms with Crippen molar-refractivity contribution in [2.45, 2.75) is 51.1 Å². The molecule has 226 valence electrons. The summed E-state index contributed by atoms with van der Waals surface area (Å²) in [5.74, 6) is -1.84. The van der Waals surface area contributed by atoms with Gasteiger partial charge in [-0.3, -0.25) is 9.69 Å². The van der Waals surface area contributed by atoms with E-state index in [1.165, 1.54) is 11.0 Å². The second-order valence-electron chi connectivity index (χ2n) is 12.7. The first-order valence-electron chi connectivity index (χ1n) is 14.8. The van der Waals surface area contributed by atoms with Crippen LogP contribution in [0.4, 0.5) is 4.39 Å². The summed E-state index contributed by atoms with van der Waals surface area (Å²) >= 11 is 12.7. The first-order valence-corrected chi connectivity index (χ1v) is 15.5. The lowest BCUT2D eigenvalue weighted by molar-refractivity contribution is -0.142. The van der Waals surface area contributed by atoms with Crippen LogP contribution < -0.4 is 4.74 Å². The average Bonchev–Trinajstić information content (AvgIpc) is 3.71. The van der Waals surface area contributed by atoms with Gasteiger partial charge in [0.05, 0.1) is 18.2 Å². The zero-order valence-corrected chi connectivity index (χ0v) is 25.7. The van der Waals surface area contributed by atoms with Gasteiger partial charge >= 0.3 is 5.97 Å². The smallest absolute Gasteiger partial charge is 0.326 e. The van der Waals surface area contributed by atoms with E-state index in [9.17, 15) is 14.7 Å². The Balaban J connectivity index is 1.19. The summed E-state index contributed by atoms with van der Waals surface area (Å²) in [4.78, 5) is 28.8. The summed E-state index contributed by atoms with van der Waals surface area (Å²) in [6.07, 6.45) is 2.46. The number of rotatable bonds is 9. The van der Waals surface area contributed by atoms with Gasteiger partial charge in [-0.25, -0.2) is 9.18 Å². The van der Waals surface area contributed by atoms with Gasteiger partial charge in [-0.2, -0.15) is 0 Å². The third kappa shape index (κ3) is 6.13. The van der Waals surface area contributed by atoms with Crippen molar-refractivity contribution in [2.24, 2.45) is 11.3 Å². The van der Waals surface area contributed by atoms with Crippen molar-refractivity contribution in [1.29, 1.82) is 0 Å². The monoisotopic (exact) mass is 624 g/mol. The van der Waals surface area contributed by atoms with Crippen LogP contribution in [0.2, 0.25) is 10.0 Å². The van der Waals surface area contributed by atoms with Gasteiger partial charge in [0.1, 0.15) is 17.6 Å². The lowest BCUT2D eigenvalue weighted by atomic mass is 9.79. The van der Waals surface area contributed by atoms with Crippen molar-refractivity contribution in [3.8, 4) is 5.75 Å². The average molecular weight is 626 g/mol. The van der Waals surface area contributed by atoms with Crippen LogP contribution in [0.15, 0.2) is 60.7 Å². The van der Waals surface area contributed by atoms with Gasteiger partial charge in [-0.05, 0) is 72.1 Å². The van der Waals surface area contributed by atoms with Crippen molar-refractivity contribution in [3.63, 3.8) is 0 Å². The third-order valence-corrected chi connectivity index (χ3v) is 9.42. The molecule has 2 heterocycles. The van der Waals surface area contributed by atoms with E-state index < -0.39 is 23.7 Å². The number of nitrogens with zero attached hydrogens (tertiary/aromatic N) is 2. The largest absolute Gasteiger partial charge is 0.493 e. The molecule has 3 aliphatic rings. The lowest BCUT2D eigenvalue weighted by Crippen LogP contribution is -2.58. The summed E-state index contributed by atoms with van der Waals surface area (Å²) in [5.41, 5.74) is 2.71. The molecule has 0 aromatic heterocycles. The maximum atomic E-state index is 15.5. The fraction of sp³-hybridized carbons (Fsp3) is 0.412. The molecular formula is C34H35Cl2FN2O4. The highest BCUT2D eigenvalue weighted by molar-refractivity contribution is 6.34. The normalized spacial score (nSPS) is 22.2. The number of carboxylic acid groups (broad SMARTS) is 1. The van der Waals surface area contributed by atoms with E-state index in [1.807, 2.05) is 37.3 Å². The molecule has 6 rings (SSSR count). The van der Waals surface area contributed by atoms with Crippen LogP contribution in [0.1, 0.15) is 72.1 Å². The van der Waals surface area contributed by atoms with Crippen LogP contribution in [-0.4, -0.2) is 59.1 Å². The van der Waals surface area contributed by atoms with Crippen molar-refractivity contribution in [1.82, 2.24) is 9.80 Å². The standard InChI is InChI=1S/C34H35Cl2FN2O4/c1-20-10-11-39(30(20)33(41)42)32(40)27-15-26(21-8-9-21)29(16-28(27)37)43-19-34(2)17-38(18-34)31(22-6-4-3-5-7-22)23-12-24(35)14-25(36)13-23/h3-7,12-16,20-21,30-31H,8-11,17-19H2,1-2H3,(H,41,42)/t20-,30-,31+/m0/s1. The summed E-state index contributed by atoms with van der Waals surface area (Å²) in [6.45, 7) is 6.15. The highest BCUT2D eigenvalue weighted by Crippen LogP contribution is 2.47. The van der Waals surface area contributed by atoms with Gasteiger partial charge in [0, 0.05) is 41.2 Å². The molecule has 43 heavy (non-hydrogen) atoms. The minimum atomic E-state index is -1.06. The Hall–Kier alpha value is -3.13. The molecule has 3 atom stereocenters. The third-order valence-electron chi connectivity index (χ3n) is 8.99. The summed E-state index contributed by atoms with van der Waals surface area (Å²) in [7, 11) is 0. The number of aliphatic carboxylic acids is 1. The van der Waals surface area contributed by atoms with Gasteiger partial charge in [-0.1, -0.05) is 67.4 Å². The second-order valence-corrected chi connectivity index (χ2v) is 13.6. The second kappa shape index (κ2) is 11.8. The summed E-state index contributed by atoms with van der Waals surface area (Å²) in [6, 6.07) is 17.8. The Morgan fingerprint density at radius 3 is 2.33 bits per heavy atom. The van der Waals surface area contributed by atoms with Crippen LogP contribution in [0.3, 0.4) is 0 Å². The van der Waals surface area contributed by atoms with Crippen molar-refractivity contribution < 1.29 is 23.8 Å². The fourth-order valence-electron chi connectivity index (χ4n) is 6.72. The van der Waals surface area contributed by atoms with E-state index in [1.54, 1.807) is 12.1 Å². The van der Waals surface area contributed by atoms with Crippen LogP contribution in [0.5, 0.6) is 5.75 Å². The Morgan fingerprint density at radius 2 is 1.70 bits per heavy atom. The number of carboxylic acids is 1. The molecule has 3 aromatic carbocycles. The first-order chi connectivity index (χ1) is 20.5. The number of benzene rings is 3. The van der Waals surface area contributed by atoms with Gasteiger partial charge in [0.2, 0.25) is 0 Å². The Labute approximate surface area is 261 Å². The zero-order valence-electron chi connectivity index (χ0n) is 24.2. The van der Waals surface area contributed by atoms with Crippen molar-refractivity contribution in [2.75, 3.05) is 26.2 Å². The molecule has 0 radical (unpaired) electrons. The number of ether oxygens (including phenoxy) is 1. The molecule has 6 nitrogen and oxygen atoms in total. The molecule has 9 heteroatoms. The van der Waals surface area contributed by atoms with E-state index in [2.05, 4.69) is 24.0 Å². The van der Waals surface area contributed by atoms with Gasteiger partial charge in [-0.15, -0.1) is 0 Å². The van der Waals surface area contributed by atoms with E-state index in [-0.39, 0.29) is 28.9 Å². The number of carbonyl (C=O) groups excluding carboxylic acids is 1.